The largest absolute Gasteiger partial charge is 0.340 e. The van der Waals surface area contributed by atoms with Gasteiger partial charge in [-0.25, -0.2) is 4.98 Å². The molecule has 0 N–H and O–H groups in total. The summed E-state index contributed by atoms with van der Waals surface area (Å²) in [7, 11) is 1.79. The zero-order valence-corrected chi connectivity index (χ0v) is 9.96. The van der Waals surface area contributed by atoms with E-state index in [4.69, 9.17) is 23.2 Å². The number of ketones is 1. The molecule has 1 aromatic carbocycles. The highest BCUT2D eigenvalue weighted by Crippen LogP contribution is 2.22. The maximum Gasteiger partial charge on any atom is 0.214 e. The van der Waals surface area contributed by atoms with Crippen LogP contribution in [0, 0.1) is 0 Å². The monoisotopic (exact) mass is 254 g/mol. The standard InChI is InChI=1S/C11H8Cl2N2O/c1-15-5-10(14-6-15)11(16)8-4-7(12)2-3-9(8)13/h2-6H,1H3. The predicted molar refractivity (Wildman–Crippen MR) is 63.1 cm³/mol. The van der Waals surface area contributed by atoms with E-state index in [1.165, 1.54) is 0 Å². The molecule has 2 aromatic rings. The number of carbonyl (C=O) groups excluding carboxylic acids is 1. The topological polar surface area (TPSA) is 34.9 Å². The average molecular weight is 255 g/mol. The number of hydrogen-bond acceptors (Lipinski definition) is 2. The smallest absolute Gasteiger partial charge is 0.214 e. The van der Waals surface area contributed by atoms with Gasteiger partial charge in [-0.3, -0.25) is 4.79 Å². The Labute approximate surface area is 103 Å². The summed E-state index contributed by atoms with van der Waals surface area (Å²) in [4.78, 5) is 16.0. The van der Waals surface area contributed by atoms with Crippen LogP contribution in [0.4, 0.5) is 0 Å². The molecule has 0 spiro atoms. The van der Waals surface area contributed by atoms with Crippen molar-refractivity contribution in [2.24, 2.45) is 7.05 Å². The molecule has 0 bridgehead atoms. The summed E-state index contributed by atoms with van der Waals surface area (Å²) in [5.41, 5.74) is 0.722. The summed E-state index contributed by atoms with van der Waals surface area (Å²) >= 11 is 11.8. The number of aromatic nitrogens is 2. The molecule has 1 heterocycles. The quantitative estimate of drug-likeness (QED) is 0.773. The van der Waals surface area contributed by atoms with Gasteiger partial charge in [0, 0.05) is 23.8 Å². The maximum atomic E-state index is 12.0. The second kappa shape index (κ2) is 4.28. The van der Waals surface area contributed by atoms with E-state index in [2.05, 4.69) is 4.98 Å². The Balaban J connectivity index is 2.45. The zero-order chi connectivity index (χ0) is 11.7. The molecule has 0 fully saturated rings. The second-order valence-electron chi connectivity index (χ2n) is 3.38. The average Bonchev–Trinajstić information content (AvgIpc) is 2.67. The molecule has 0 aliphatic heterocycles. The van der Waals surface area contributed by atoms with Gasteiger partial charge in [0.2, 0.25) is 5.78 Å². The number of halogens is 2. The number of hydrogen-bond donors (Lipinski definition) is 0. The summed E-state index contributed by atoms with van der Waals surface area (Å²) in [6.45, 7) is 0. The third-order valence-electron chi connectivity index (χ3n) is 2.11. The lowest BCUT2D eigenvalue weighted by molar-refractivity contribution is 0.103. The highest BCUT2D eigenvalue weighted by molar-refractivity contribution is 6.36. The van der Waals surface area contributed by atoms with E-state index in [0.717, 1.165) is 0 Å². The van der Waals surface area contributed by atoms with Crippen molar-refractivity contribution < 1.29 is 4.79 Å². The first-order valence-electron chi connectivity index (χ1n) is 4.55. The van der Waals surface area contributed by atoms with Gasteiger partial charge in [0.1, 0.15) is 5.69 Å². The van der Waals surface area contributed by atoms with Crippen LogP contribution in [-0.2, 0) is 7.05 Å². The molecule has 0 atom stereocenters. The SMILES string of the molecule is Cn1cnc(C(=O)c2cc(Cl)ccc2Cl)c1. The molecule has 2 rings (SSSR count). The summed E-state index contributed by atoms with van der Waals surface area (Å²) < 4.78 is 1.70. The molecule has 0 saturated heterocycles. The lowest BCUT2D eigenvalue weighted by Crippen LogP contribution is -2.02. The minimum atomic E-state index is -0.229. The summed E-state index contributed by atoms with van der Waals surface area (Å²) in [5.74, 6) is -0.229. The van der Waals surface area contributed by atoms with E-state index in [1.54, 1.807) is 42.3 Å². The maximum absolute atomic E-state index is 12.0. The molecule has 5 heteroatoms. The van der Waals surface area contributed by atoms with E-state index in [0.29, 0.717) is 21.3 Å². The van der Waals surface area contributed by atoms with Crippen molar-refractivity contribution >= 4 is 29.0 Å². The van der Waals surface area contributed by atoms with Crippen molar-refractivity contribution in [1.29, 1.82) is 0 Å². The van der Waals surface area contributed by atoms with Gasteiger partial charge >= 0.3 is 0 Å². The van der Waals surface area contributed by atoms with Crippen LogP contribution in [0.3, 0.4) is 0 Å². The number of carbonyl (C=O) groups is 1. The Kier molecular flexibility index (Phi) is 2.99. The molecule has 0 saturated carbocycles. The number of benzene rings is 1. The summed E-state index contributed by atoms with van der Waals surface area (Å²) in [5, 5.41) is 0.851. The number of aryl methyl sites for hydroxylation is 1. The second-order valence-corrected chi connectivity index (χ2v) is 4.22. The zero-order valence-electron chi connectivity index (χ0n) is 8.45. The predicted octanol–water partition coefficient (Wildman–Crippen LogP) is 2.96. The van der Waals surface area contributed by atoms with Crippen molar-refractivity contribution in [3.63, 3.8) is 0 Å². The molecule has 16 heavy (non-hydrogen) atoms. The Morgan fingerprint density at radius 3 is 2.75 bits per heavy atom. The van der Waals surface area contributed by atoms with Crippen molar-refractivity contribution in [2.75, 3.05) is 0 Å². The number of imidazole rings is 1. The summed E-state index contributed by atoms with van der Waals surface area (Å²) in [6.07, 6.45) is 3.20. The molecule has 82 valence electrons. The van der Waals surface area contributed by atoms with Gasteiger partial charge in [-0.2, -0.15) is 0 Å². The van der Waals surface area contributed by atoms with Crippen molar-refractivity contribution in [3.8, 4) is 0 Å². The highest BCUT2D eigenvalue weighted by Gasteiger charge is 2.15. The Morgan fingerprint density at radius 1 is 1.38 bits per heavy atom. The molecule has 0 unspecified atom stereocenters. The Bertz CT molecular complexity index is 549. The van der Waals surface area contributed by atoms with Gasteiger partial charge in [0.15, 0.2) is 0 Å². The lowest BCUT2D eigenvalue weighted by atomic mass is 10.1. The van der Waals surface area contributed by atoms with Gasteiger partial charge in [0.05, 0.1) is 11.3 Å². The van der Waals surface area contributed by atoms with Crippen LogP contribution in [0.5, 0.6) is 0 Å². The molecular formula is C11H8Cl2N2O. The lowest BCUT2D eigenvalue weighted by Gasteiger charge is -2.01. The Morgan fingerprint density at radius 2 is 2.12 bits per heavy atom. The van der Waals surface area contributed by atoms with E-state index in [-0.39, 0.29) is 5.78 Å². The van der Waals surface area contributed by atoms with Crippen molar-refractivity contribution in [3.05, 3.63) is 52.0 Å². The van der Waals surface area contributed by atoms with Crippen LogP contribution < -0.4 is 0 Å². The van der Waals surface area contributed by atoms with Crippen molar-refractivity contribution in [2.45, 2.75) is 0 Å². The van der Waals surface area contributed by atoms with Crippen LogP contribution in [0.15, 0.2) is 30.7 Å². The number of rotatable bonds is 2. The van der Waals surface area contributed by atoms with Crippen LogP contribution in [0.2, 0.25) is 10.0 Å². The van der Waals surface area contributed by atoms with E-state index in [1.807, 2.05) is 0 Å². The van der Waals surface area contributed by atoms with Crippen LogP contribution >= 0.6 is 23.2 Å². The van der Waals surface area contributed by atoms with E-state index < -0.39 is 0 Å². The molecule has 1 aromatic heterocycles. The minimum Gasteiger partial charge on any atom is -0.340 e. The van der Waals surface area contributed by atoms with E-state index >= 15 is 0 Å². The van der Waals surface area contributed by atoms with Crippen LogP contribution in [0.1, 0.15) is 16.1 Å². The Hall–Kier alpha value is -1.32. The van der Waals surface area contributed by atoms with Gasteiger partial charge in [-0.1, -0.05) is 23.2 Å². The van der Waals surface area contributed by atoms with Gasteiger partial charge in [-0.15, -0.1) is 0 Å². The third kappa shape index (κ3) is 2.10. The van der Waals surface area contributed by atoms with Crippen LogP contribution in [-0.4, -0.2) is 15.3 Å². The van der Waals surface area contributed by atoms with Crippen molar-refractivity contribution in [1.82, 2.24) is 9.55 Å². The highest BCUT2D eigenvalue weighted by atomic mass is 35.5. The first kappa shape index (κ1) is 11.2. The molecule has 0 aliphatic rings. The molecule has 0 amide bonds. The molecule has 0 aliphatic carbocycles. The number of nitrogens with zero attached hydrogens (tertiary/aromatic N) is 2. The first-order chi connectivity index (χ1) is 7.58. The van der Waals surface area contributed by atoms with Gasteiger partial charge in [-0.05, 0) is 18.2 Å². The van der Waals surface area contributed by atoms with Gasteiger partial charge in [0.25, 0.3) is 0 Å². The molecule has 0 radical (unpaired) electrons. The van der Waals surface area contributed by atoms with Gasteiger partial charge < -0.3 is 4.57 Å². The minimum absolute atomic E-state index is 0.229. The molecule has 3 nitrogen and oxygen atoms in total. The summed E-state index contributed by atoms with van der Waals surface area (Å²) in [6, 6.07) is 4.78. The fraction of sp³-hybridized carbons (Fsp3) is 0.0909. The first-order valence-corrected chi connectivity index (χ1v) is 5.31. The fourth-order valence-electron chi connectivity index (χ4n) is 1.34. The third-order valence-corrected chi connectivity index (χ3v) is 2.68. The fourth-order valence-corrected chi connectivity index (χ4v) is 1.72. The van der Waals surface area contributed by atoms with Crippen LogP contribution in [0.25, 0.3) is 0 Å². The molecular weight excluding hydrogens is 247 g/mol. The normalized spacial score (nSPS) is 10.4. The van der Waals surface area contributed by atoms with E-state index in [9.17, 15) is 4.79 Å².